The molecule has 0 spiro atoms. The van der Waals surface area contributed by atoms with E-state index in [-0.39, 0.29) is 5.91 Å². The van der Waals surface area contributed by atoms with Gasteiger partial charge in [-0.1, -0.05) is 15.9 Å². The Morgan fingerprint density at radius 3 is 2.85 bits per heavy atom. The van der Waals surface area contributed by atoms with Gasteiger partial charge in [0.25, 0.3) is 5.91 Å². The lowest BCUT2D eigenvalue weighted by atomic mass is 10.1. The number of benzene rings is 2. The van der Waals surface area contributed by atoms with E-state index in [0.29, 0.717) is 22.8 Å². The van der Waals surface area contributed by atoms with E-state index in [4.69, 9.17) is 4.74 Å². The van der Waals surface area contributed by atoms with Gasteiger partial charge in [-0.2, -0.15) is 5.21 Å². The summed E-state index contributed by atoms with van der Waals surface area (Å²) >= 11 is 3.41. The number of nitrogens with one attached hydrogen (secondary N) is 3. The molecule has 0 unspecified atom stereocenters. The van der Waals surface area contributed by atoms with Crippen molar-refractivity contribution in [3.05, 3.63) is 52.6 Å². The normalized spacial score (nSPS) is 10.8. The van der Waals surface area contributed by atoms with E-state index >= 15 is 0 Å². The number of amides is 1. The molecule has 130 valence electrons. The van der Waals surface area contributed by atoms with Crippen molar-refractivity contribution in [2.45, 2.75) is 0 Å². The van der Waals surface area contributed by atoms with E-state index in [1.54, 1.807) is 19.2 Å². The molecule has 9 heteroatoms. The third kappa shape index (κ3) is 3.04. The Bertz CT molecular complexity index is 1090. The number of ether oxygens (including phenoxy) is 1. The number of methoxy groups -OCH3 is 1. The van der Waals surface area contributed by atoms with Gasteiger partial charge in [-0.05, 0) is 47.7 Å². The second-order valence-corrected chi connectivity index (χ2v) is 6.43. The third-order valence-corrected chi connectivity index (χ3v) is 4.38. The maximum absolute atomic E-state index is 12.7. The number of rotatable bonds is 4. The van der Waals surface area contributed by atoms with Crippen molar-refractivity contribution in [3.8, 4) is 17.1 Å². The zero-order valence-corrected chi connectivity index (χ0v) is 15.2. The molecule has 0 atom stereocenters. The van der Waals surface area contributed by atoms with Gasteiger partial charge in [0.1, 0.15) is 11.4 Å². The maximum atomic E-state index is 12.7. The summed E-state index contributed by atoms with van der Waals surface area (Å²) in [5.74, 6) is 0.853. The van der Waals surface area contributed by atoms with Crippen molar-refractivity contribution in [3.63, 3.8) is 0 Å². The molecule has 3 N–H and O–H groups in total. The van der Waals surface area contributed by atoms with E-state index in [9.17, 15) is 4.79 Å². The molecule has 1 amide bonds. The number of aromatic nitrogens is 5. The molecule has 0 aliphatic rings. The second kappa shape index (κ2) is 6.60. The number of fused-ring (bicyclic) bond motifs is 1. The Balaban J connectivity index is 1.66. The summed E-state index contributed by atoms with van der Waals surface area (Å²) in [5, 5.41) is 17.7. The largest absolute Gasteiger partial charge is 0.497 e. The number of hydrogen-bond donors (Lipinski definition) is 3. The molecular weight excluding hydrogens is 400 g/mol. The van der Waals surface area contributed by atoms with Gasteiger partial charge in [-0.15, -0.1) is 10.2 Å². The predicted octanol–water partition coefficient (Wildman–Crippen LogP) is 3.37. The summed E-state index contributed by atoms with van der Waals surface area (Å²) in [4.78, 5) is 15.8. The van der Waals surface area contributed by atoms with Gasteiger partial charge in [0.05, 0.1) is 12.8 Å². The second-order valence-electron chi connectivity index (χ2n) is 5.52. The van der Waals surface area contributed by atoms with Crippen LogP contribution in [-0.4, -0.2) is 38.6 Å². The van der Waals surface area contributed by atoms with Crippen LogP contribution in [0.2, 0.25) is 0 Å². The van der Waals surface area contributed by atoms with Crippen LogP contribution in [0.25, 0.3) is 22.3 Å². The number of halogens is 1. The van der Waals surface area contributed by atoms with Gasteiger partial charge in [0.2, 0.25) is 5.82 Å². The van der Waals surface area contributed by atoms with Crippen LogP contribution in [-0.2, 0) is 0 Å². The number of carbonyl (C=O) groups excluding carboxylic acids is 1. The lowest BCUT2D eigenvalue weighted by molar-refractivity contribution is 0.102. The Morgan fingerprint density at radius 1 is 1.19 bits per heavy atom. The SMILES string of the molecule is COc1ccc2[nH]c(C(=O)Nc3ccc(Br)cc3-c3nn[nH]n3)cc2c1. The predicted molar refractivity (Wildman–Crippen MR) is 100 cm³/mol. The molecule has 8 nitrogen and oxygen atoms in total. The maximum Gasteiger partial charge on any atom is 0.272 e. The van der Waals surface area contributed by atoms with Crippen molar-refractivity contribution in [2.24, 2.45) is 0 Å². The van der Waals surface area contributed by atoms with Crippen LogP contribution < -0.4 is 10.1 Å². The zero-order chi connectivity index (χ0) is 18.1. The van der Waals surface area contributed by atoms with Crippen LogP contribution in [0, 0.1) is 0 Å². The molecule has 2 aromatic heterocycles. The standard InChI is InChI=1S/C17H13BrN6O2/c1-26-11-3-5-13-9(6-11)7-15(19-13)17(25)20-14-4-2-10(18)8-12(14)16-21-23-24-22-16/h2-8,19H,1H3,(H,20,25)(H,21,22,23,24). The monoisotopic (exact) mass is 412 g/mol. The fourth-order valence-electron chi connectivity index (χ4n) is 2.64. The first-order chi connectivity index (χ1) is 12.6. The van der Waals surface area contributed by atoms with Crippen molar-refractivity contribution in [1.82, 2.24) is 25.6 Å². The molecule has 0 saturated carbocycles. The summed E-state index contributed by atoms with van der Waals surface area (Å²) in [6, 6.07) is 12.8. The van der Waals surface area contributed by atoms with Gasteiger partial charge in [0, 0.05) is 20.9 Å². The summed E-state index contributed by atoms with van der Waals surface area (Å²) < 4.78 is 6.06. The lowest BCUT2D eigenvalue weighted by Gasteiger charge is -2.08. The highest BCUT2D eigenvalue weighted by atomic mass is 79.9. The number of aromatic amines is 2. The van der Waals surface area contributed by atoms with Gasteiger partial charge in [0.15, 0.2) is 0 Å². The van der Waals surface area contributed by atoms with Crippen LogP contribution in [0.1, 0.15) is 10.5 Å². The fraction of sp³-hybridized carbons (Fsp3) is 0.0588. The first-order valence-corrected chi connectivity index (χ1v) is 8.45. The first-order valence-electron chi connectivity index (χ1n) is 7.65. The number of anilines is 1. The minimum Gasteiger partial charge on any atom is -0.497 e. The van der Waals surface area contributed by atoms with Crippen molar-refractivity contribution < 1.29 is 9.53 Å². The Kier molecular flexibility index (Phi) is 4.13. The van der Waals surface area contributed by atoms with E-state index in [1.807, 2.05) is 30.3 Å². The zero-order valence-electron chi connectivity index (χ0n) is 13.6. The van der Waals surface area contributed by atoms with Crippen LogP contribution in [0.5, 0.6) is 5.75 Å². The summed E-state index contributed by atoms with van der Waals surface area (Å²) in [5.41, 5.74) is 2.52. The van der Waals surface area contributed by atoms with E-state index in [2.05, 4.69) is 46.9 Å². The summed E-state index contributed by atoms with van der Waals surface area (Å²) in [6.07, 6.45) is 0. The molecule has 0 fully saturated rings. The molecule has 2 heterocycles. The van der Waals surface area contributed by atoms with E-state index < -0.39 is 0 Å². The Labute approximate surface area is 156 Å². The molecule has 0 aliphatic heterocycles. The average molecular weight is 413 g/mol. The molecule has 0 radical (unpaired) electrons. The molecule has 0 aliphatic carbocycles. The third-order valence-electron chi connectivity index (χ3n) is 3.89. The van der Waals surface area contributed by atoms with Gasteiger partial charge < -0.3 is 15.0 Å². The number of tetrazole rings is 1. The van der Waals surface area contributed by atoms with E-state index in [0.717, 1.165) is 21.1 Å². The molecule has 0 saturated heterocycles. The highest BCUT2D eigenvalue weighted by Gasteiger charge is 2.15. The van der Waals surface area contributed by atoms with Gasteiger partial charge >= 0.3 is 0 Å². The average Bonchev–Trinajstić information content (AvgIpc) is 3.32. The minimum absolute atomic E-state index is 0.271. The Morgan fingerprint density at radius 2 is 2.08 bits per heavy atom. The van der Waals surface area contributed by atoms with Crippen LogP contribution in [0.4, 0.5) is 5.69 Å². The highest BCUT2D eigenvalue weighted by Crippen LogP contribution is 2.29. The minimum atomic E-state index is -0.271. The molecular formula is C17H13BrN6O2. The molecule has 4 aromatic rings. The van der Waals surface area contributed by atoms with Gasteiger partial charge in [-0.3, -0.25) is 4.79 Å². The van der Waals surface area contributed by atoms with Gasteiger partial charge in [-0.25, -0.2) is 0 Å². The topological polar surface area (TPSA) is 109 Å². The molecule has 4 rings (SSSR count). The summed E-state index contributed by atoms with van der Waals surface area (Å²) in [6.45, 7) is 0. The highest BCUT2D eigenvalue weighted by molar-refractivity contribution is 9.10. The van der Waals surface area contributed by atoms with Crippen LogP contribution in [0.15, 0.2) is 46.9 Å². The van der Waals surface area contributed by atoms with Crippen molar-refractivity contribution >= 4 is 38.4 Å². The number of nitrogens with zero attached hydrogens (tertiary/aromatic N) is 3. The smallest absolute Gasteiger partial charge is 0.272 e. The molecule has 2 aromatic carbocycles. The molecule has 26 heavy (non-hydrogen) atoms. The summed E-state index contributed by atoms with van der Waals surface area (Å²) in [7, 11) is 1.61. The van der Waals surface area contributed by atoms with Crippen molar-refractivity contribution in [2.75, 3.05) is 12.4 Å². The van der Waals surface area contributed by atoms with Crippen molar-refractivity contribution in [1.29, 1.82) is 0 Å². The Hall–Kier alpha value is -3.20. The first kappa shape index (κ1) is 16.3. The van der Waals surface area contributed by atoms with E-state index in [1.165, 1.54) is 0 Å². The quantitative estimate of drug-likeness (QED) is 0.476. The van der Waals surface area contributed by atoms with Crippen LogP contribution >= 0.6 is 15.9 Å². The lowest BCUT2D eigenvalue weighted by Crippen LogP contribution is -2.13. The number of hydrogen-bond acceptors (Lipinski definition) is 5. The fourth-order valence-corrected chi connectivity index (χ4v) is 3.00. The number of carbonyl (C=O) groups is 1. The number of H-pyrrole nitrogens is 2. The van der Waals surface area contributed by atoms with Crippen LogP contribution in [0.3, 0.4) is 0 Å². The molecule has 0 bridgehead atoms.